The summed E-state index contributed by atoms with van der Waals surface area (Å²) < 4.78 is 5.09. The molecule has 5 nitrogen and oxygen atoms in total. The molecule has 0 spiro atoms. The number of halogens is 2. The number of hydrogen-bond donors (Lipinski definition) is 0. The Labute approximate surface area is 206 Å². The molecule has 1 fully saturated rings. The predicted octanol–water partition coefficient (Wildman–Crippen LogP) is 5.26. The molecule has 3 aromatic carbocycles. The number of ether oxygens (including phenoxy) is 1. The Morgan fingerprint density at radius 3 is 2.21 bits per heavy atom. The van der Waals surface area contributed by atoms with E-state index in [1.807, 2.05) is 48.5 Å². The van der Waals surface area contributed by atoms with Crippen LogP contribution in [-0.4, -0.2) is 24.4 Å². The van der Waals surface area contributed by atoms with Gasteiger partial charge < -0.3 is 4.74 Å². The Morgan fingerprint density at radius 1 is 0.971 bits per heavy atom. The first kappa shape index (κ1) is 21.4. The molecular formula is C27H19Cl2NO4. The second-order valence-corrected chi connectivity index (χ2v) is 9.77. The van der Waals surface area contributed by atoms with Gasteiger partial charge in [-0.25, -0.2) is 9.69 Å². The average molecular weight is 492 g/mol. The second kappa shape index (κ2) is 7.42. The molecule has 7 heteroatoms. The number of nitrogens with zero attached hydrogens (tertiary/aromatic N) is 1. The molecule has 0 saturated carbocycles. The fraction of sp³-hybridized carbons (Fsp3) is 0.222. The van der Waals surface area contributed by atoms with Crippen molar-refractivity contribution >= 4 is 46.7 Å². The first-order chi connectivity index (χ1) is 16.4. The van der Waals surface area contributed by atoms with Gasteiger partial charge in [0.2, 0.25) is 11.8 Å². The number of anilines is 1. The fourth-order valence-corrected chi connectivity index (χ4v) is 6.72. The smallest absolute Gasteiger partial charge is 0.339 e. The first-order valence-corrected chi connectivity index (χ1v) is 11.9. The average Bonchev–Trinajstić information content (AvgIpc) is 3.11. The van der Waals surface area contributed by atoms with Crippen LogP contribution < -0.4 is 4.90 Å². The Balaban J connectivity index is 1.52. The number of alkyl halides is 1. The summed E-state index contributed by atoms with van der Waals surface area (Å²) in [5, 5.41) is 0.187. The highest BCUT2D eigenvalue weighted by molar-refractivity contribution is 6.35. The van der Waals surface area contributed by atoms with Gasteiger partial charge in [0.15, 0.2) is 0 Å². The van der Waals surface area contributed by atoms with Crippen molar-refractivity contribution in [3.05, 3.63) is 99.6 Å². The predicted molar refractivity (Wildman–Crippen MR) is 128 cm³/mol. The lowest BCUT2D eigenvalue weighted by Gasteiger charge is -2.50. The Morgan fingerprint density at radius 2 is 1.59 bits per heavy atom. The number of imide groups is 1. The Kier molecular flexibility index (Phi) is 4.67. The summed E-state index contributed by atoms with van der Waals surface area (Å²) in [5.41, 5.74) is 4.07. The van der Waals surface area contributed by atoms with Crippen LogP contribution in [0.5, 0.6) is 0 Å². The lowest BCUT2D eigenvalue weighted by atomic mass is 9.54. The third kappa shape index (κ3) is 2.60. The summed E-state index contributed by atoms with van der Waals surface area (Å²) >= 11 is 13.6. The van der Waals surface area contributed by atoms with Crippen LogP contribution in [0.1, 0.15) is 45.5 Å². The van der Waals surface area contributed by atoms with Crippen LogP contribution in [-0.2, 0) is 19.2 Å². The topological polar surface area (TPSA) is 63.7 Å². The van der Waals surface area contributed by atoms with E-state index in [9.17, 15) is 14.4 Å². The highest BCUT2D eigenvalue weighted by Gasteiger charge is 2.68. The van der Waals surface area contributed by atoms with E-state index in [1.165, 1.54) is 12.1 Å². The van der Waals surface area contributed by atoms with Crippen molar-refractivity contribution in [2.45, 2.75) is 17.7 Å². The Hall–Kier alpha value is -3.15. The second-order valence-electron chi connectivity index (χ2n) is 8.76. The summed E-state index contributed by atoms with van der Waals surface area (Å²) in [7, 11) is 0. The number of carbonyl (C=O) groups is 3. The van der Waals surface area contributed by atoms with Gasteiger partial charge in [-0.3, -0.25) is 9.59 Å². The highest BCUT2D eigenvalue weighted by atomic mass is 35.5. The van der Waals surface area contributed by atoms with Crippen LogP contribution in [0, 0.1) is 11.8 Å². The van der Waals surface area contributed by atoms with Crippen molar-refractivity contribution < 1.29 is 19.1 Å². The summed E-state index contributed by atoms with van der Waals surface area (Å²) in [4.78, 5) is 40.2. The van der Waals surface area contributed by atoms with E-state index >= 15 is 0 Å². The maximum absolute atomic E-state index is 13.9. The molecule has 1 saturated heterocycles. The minimum Gasteiger partial charge on any atom is -0.462 e. The molecule has 1 heterocycles. The number of benzene rings is 3. The molecular weight excluding hydrogens is 473 g/mol. The molecule has 2 amide bonds. The Bertz CT molecular complexity index is 1350. The van der Waals surface area contributed by atoms with Gasteiger partial charge >= 0.3 is 5.97 Å². The zero-order chi connectivity index (χ0) is 23.8. The molecule has 170 valence electrons. The van der Waals surface area contributed by atoms with E-state index in [2.05, 4.69) is 0 Å². The number of carbonyl (C=O) groups excluding carboxylic acids is 3. The molecule has 34 heavy (non-hydrogen) atoms. The molecule has 0 aromatic heterocycles. The standard InChI is InChI=1S/C27H19Cl2NO4/c1-2-34-26(33)17-13-14(11-12-20(17)28)30-24(31)22-21-15-7-3-5-9-18(15)27(29,23(22)25(30)32)19-10-6-4-8-16(19)21/h3-13,21-23H,2H2,1H3/t21?,22-,23-,27?/m0/s1. The first-order valence-electron chi connectivity index (χ1n) is 11.1. The summed E-state index contributed by atoms with van der Waals surface area (Å²) in [5.74, 6) is -3.01. The normalized spacial score (nSPS) is 26.2. The van der Waals surface area contributed by atoms with E-state index in [-0.39, 0.29) is 40.6 Å². The third-order valence-electron chi connectivity index (χ3n) is 7.22. The largest absolute Gasteiger partial charge is 0.462 e. The molecule has 1 aliphatic heterocycles. The van der Waals surface area contributed by atoms with Crippen molar-refractivity contribution in [1.82, 2.24) is 0 Å². The van der Waals surface area contributed by atoms with Gasteiger partial charge in [-0.2, -0.15) is 0 Å². The van der Waals surface area contributed by atoms with Crippen LogP contribution in [0.15, 0.2) is 66.7 Å². The molecule has 2 bridgehead atoms. The van der Waals surface area contributed by atoms with E-state index in [0.29, 0.717) is 0 Å². The number of rotatable bonds is 3. The van der Waals surface area contributed by atoms with Gasteiger partial charge in [0.1, 0.15) is 4.87 Å². The SMILES string of the molecule is CCOC(=O)c1cc(N2C(=O)[C@@H]3[C@@H](C2=O)C2c4ccccc4C3(Cl)c3ccccc32)ccc1Cl. The maximum atomic E-state index is 13.9. The zero-order valence-corrected chi connectivity index (χ0v) is 19.6. The van der Waals surface area contributed by atoms with E-state index in [1.54, 1.807) is 13.0 Å². The van der Waals surface area contributed by atoms with E-state index in [0.717, 1.165) is 27.2 Å². The van der Waals surface area contributed by atoms with Crippen LogP contribution in [0.25, 0.3) is 0 Å². The highest BCUT2D eigenvalue weighted by Crippen LogP contribution is 2.65. The van der Waals surface area contributed by atoms with Crippen molar-refractivity contribution in [3.8, 4) is 0 Å². The number of hydrogen-bond acceptors (Lipinski definition) is 4. The number of esters is 1. The zero-order valence-electron chi connectivity index (χ0n) is 18.1. The lowest BCUT2D eigenvalue weighted by Crippen LogP contribution is -2.50. The lowest BCUT2D eigenvalue weighted by molar-refractivity contribution is -0.122. The van der Waals surface area contributed by atoms with E-state index in [4.69, 9.17) is 27.9 Å². The van der Waals surface area contributed by atoms with Crippen LogP contribution >= 0.6 is 23.2 Å². The van der Waals surface area contributed by atoms with Gasteiger partial charge in [0.05, 0.1) is 34.7 Å². The molecule has 4 aliphatic rings. The number of amides is 2. The van der Waals surface area contributed by atoms with Crippen LogP contribution in [0.4, 0.5) is 5.69 Å². The van der Waals surface area contributed by atoms with Crippen molar-refractivity contribution in [2.24, 2.45) is 11.8 Å². The fourth-order valence-electron chi connectivity index (χ4n) is 5.95. The molecule has 3 aromatic rings. The van der Waals surface area contributed by atoms with Gasteiger partial charge in [-0.1, -0.05) is 60.1 Å². The van der Waals surface area contributed by atoms with Gasteiger partial charge in [0, 0.05) is 5.92 Å². The monoisotopic (exact) mass is 491 g/mol. The van der Waals surface area contributed by atoms with Crippen molar-refractivity contribution in [2.75, 3.05) is 11.5 Å². The minimum absolute atomic E-state index is 0.103. The van der Waals surface area contributed by atoms with Crippen molar-refractivity contribution in [1.29, 1.82) is 0 Å². The molecule has 2 atom stereocenters. The van der Waals surface area contributed by atoms with Crippen LogP contribution in [0.3, 0.4) is 0 Å². The third-order valence-corrected chi connectivity index (χ3v) is 8.19. The van der Waals surface area contributed by atoms with Crippen LogP contribution in [0.2, 0.25) is 5.02 Å². The van der Waals surface area contributed by atoms with E-state index < -0.39 is 22.7 Å². The minimum atomic E-state index is -1.16. The summed E-state index contributed by atoms with van der Waals surface area (Å²) in [6, 6.07) is 20.1. The molecule has 3 aliphatic carbocycles. The molecule has 0 N–H and O–H groups in total. The molecule has 0 radical (unpaired) electrons. The van der Waals surface area contributed by atoms with Gasteiger partial charge in [0.25, 0.3) is 0 Å². The molecule has 7 rings (SSSR count). The summed E-state index contributed by atoms with van der Waals surface area (Å²) in [6.45, 7) is 1.87. The molecule has 0 unspecified atom stereocenters. The van der Waals surface area contributed by atoms with Gasteiger partial charge in [-0.05, 0) is 47.4 Å². The van der Waals surface area contributed by atoms with Gasteiger partial charge in [-0.15, -0.1) is 11.6 Å². The van der Waals surface area contributed by atoms with Crippen molar-refractivity contribution in [3.63, 3.8) is 0 Å². The maximum Gasteiger partial charge on any atom is 0.339 e. The summed E-state index contributed by atoms with van der Waals surface area (Å²) in [6.07, 6.45) is 0. The quantitative estimate of drug-likeness (QED) is 0.284.